The maximum absolute atomic E-state index is 13.7. The summed E-state index contributed by atoms with van der Waals surface area (Å²) in [6.45, 7) is 7.57. The highest BCUT2D eigenvalue weighted by molar-refractivity contribution is 7.97. The van der Waals surface area contributed by atoms with E-state index in [0.29, 0.717) is 10.9 Å². The van der Waals surface area contributed by atoms with Crippen molar-refractivity contribution in [2.24, 2.45) is 0 Å². The number of halogens is 2. The van der Waals surface area contributed by atoms with Gasteiger partial charge in [-0.2, -0.15) is 9.78 Å². The van der Waals surface area contributed by atoms with Gasteiger partial charge in [-0.1, -0.05) is 25.8 Å². The molecule has 1 aliphatic heterocycles. The third-order valence-electron chi connectivity index (χ3n) is 5.53. The minimum Gasteiger partial charge on any atom is -0.483 e. The fourth-order valence-electron chi connectivity index (χ4n) is 4.12. The van der Waals surface area contributed by atoms with Crippen molar-refractivity contribution >= 4 is 17.6 Å². The zero-order valence-electron chi connectivity index (χ0n) is 17.9. The van der Waals surface area contributed by atoms with Gasteiger partial charge in [0.05, 0.1) is 18.0 Å². The molecule has 0 bridgehead atoms. The van der Waals surface area contributed by atoms with Gasteiger partial charge in [0.25, 0.3) is 0 Å². The molecule has 1 aliphatic carbocycles. The first-order valence-corrected chi connectivity index (χ1v) is 11.7. The van der Waals surface area contributed by atoms with E-state index in [4.69, 9.17) is 4.74 Å². The lowest BCUT2D eigenvalue weighted by atomic mass is 10.2. The Bertz CT molecular complexity index is 950. The summed E-state index contributed by atoms with van der Waals surface area (Å²) in [6, 6.07) is 2.96. The number of hydrogen-bond donors (Lipinski definition) is 0. The number of ether oxygens (including phenoxy) is 1. The standard InChI is InChI=1S/C22H28F2N4O2S/c1-15(2)31-27-9-7-26(8-10-27)20-14-25-28(18-12-16(23)11-17(24)13-18)22(29)21(20)30-19-5-3-4-6-19/h11-15,19H,3-10H2,1-2H3. The molecular weight excluding hydrogens is 422 g/mol. The Labute approximate surface area is 185 Å². The Morgan fingerprint density at radius 3 is 2.32 bits per heavy atom. The van der Waals surface area contributed by atoms with Crippen molar-refractivity contribution in [3.05, 3.63) is 46.4 Å². The summed E-state index contributed by atoms with van der Waals surface area (Å²) in [7, 11) is 0. The molecule has 1 saturated carbocycles. The predicted molar refractivity (Wildman–Crippen MR) is 119 cm³/mol. The van der Waals surface area contributed by atoms with Crippen molar-refractivity contribution in [2.45, 2.75) is 50.9 Å². The van der Waals surface area contributed by atoms with Crippen molar-refractivity contribution in [3.63, 3.8) is 0 Å². The third-order valence-corrected chi connectivity index (χ3v) is 6.62. The average molecular weight is 451 g/mol. The molecule has 0 amide bonds. The fourth-order valence-corrected chi connectivity index (χ4v) is 5.09. The zero-order chi connectivity index (χ0) is 22.0. The summed E-state index contributed by atoms with van der Waals surface area (Å²) in [6.07, 6.45) is 5.49. The Hall–Kier alpha value is -2.13. The normalized spacial score (nSPS) is 18.2. The summed E-state index contributed by atoms with van der Waals surface area (Å²) < 4.78 is 37.0. The molecule has 168 valence electrons. The molecule has 2 fully saturated rings. The lowest BCUT2D eigenvalue weighted by Gasteiger charge is -2.36. The topological polar surface area (TPSA) is 50.6 Å². The van der Waals surface area contributed by atoms with Crippen molar-refractivity contribution in [1.82, 2.24) is 14.1 Å². The highest BCUT2D eigenvalue weighted by Crippen LogP contribution is 2.31. The number of hydrogen-bond acceptors (Lipinski definition) is 6. The maximum Gasteiger partial charge on any atom is 0.316 e. The van der Waals surface area contributed by atoms with E-state index in [1.807, 2.05) is 11.9 Å². The number of rotatable bonds is 6. The molecular formula is C22H28F2N4O2S. The van der Waals surface area contributed by atoms with E-state index >= 15 is 0 Å². The SMILES string of the molecule is CC(C)SN1CCN(c2cnn(-c3cc(F)cc(F)c3)c(=O)c2OC2CCCC2)CC1. The molecule has 1 saturated heterocycles. The fraction of sp³-hybridized carbons (Fsp3) is 0.545. The van der Waals surface area contributed by atoms with E-state index in [1.165, 1.54) is 0 Å². The first-order chi connectivity index (χ1) is 14.9. The van der Waals surface area contributed by atoms with E-state index in [-0.39, 0.29) is 17.5 Å². The second-order valence-electron chi connectivity index (χ2n) is 8.30. The van der Waals surface area contributed by atoms with Crippen LogP contribution in [0.4, 0.5) is 14.5 Å². The van der Waals surface area contributed by atoms with Crippen LogP contribution < -0.4 is 15.2 Å². The highest BCUT2D eigenvalue weighted by Gasteiger charge is 2.27. The highest BCUT2D eigenvalue weighted by atomic mass is 32.2. The molecule has 2 heterocycles. The number of anilines is 1. The summed E-state index contributed by atoms with van der Waals surface area (Å²) in [4.78, 5) is 15.5. The van der Waals surface area contributed by atoms with E-state index in [9.17, 15) is 13.6 Å². The Kier molecular flexibility index (Phi) is 6.81. The largest absolute Gasteiger partial charge is 0.483 e. The van der Waals surface area contributed by atoms with Crippen LogP contribution in [0.1, 0.15) is 39.5 Å². The van der Waals surface area contributed by atoms with Gasteiger partial charge in [-0.25, -0.2) is 13.1 Å². The van der Waals surface area contributed by atoms with Crippen LogP contribution >= 0.6 is 11.9 Å². The summed E-state index contributed by atoms with van der Waals surface area (Å²) in [5, 5.41) is 4.76. The first-order valence-electron chi connectivity index (χ1n) is 10.8. The molecule has 1 aromatic carbocycles. The van der Waals surface area contributed by atoms with E-state index in [1.54, 1.807) is 6.20 Å². The minimum atomic E-state index is -0.759. The molecule has 1 aromatic heterocycles. The minimum absolute atomic E-state index is 0.0238. The van der Waals surface area contributed by atoms with Crippen molar-refractivity contribution in [2.75, 3.05) is 31.1 Å². The quantitative estimate of drug-likeness (QED) is 0.620. The van der Waals surface area contributed by atoms with Gasteiger partial charge >= 0.3 is 5.56 Å². The van der Waals surface area contributed by atoms with Gasteiger partial charge in [-0.15, -0.1) is 0 Å². The maximum atomic E-state index is 13.7. The van der Waals surface area contributed by atoms with Crippen LogP contribution in [0.3, 0.4) is 0 Å². The lowest BCUT2D eigenvalue weighted by molar-refractivity contribution is 0.205. The molecule has 9 heteroatoms. The van der Waals surface area contributed by atoms with Gasteiger partial charge in [0.1, 0.15) is 17.3 Å². The molecule has 2 aromatic rings. The molecule has 31 heavy (non-hydrogen) atoms. The van der Waals surface area contributed by atoms with Gasteiger partial charge in [0.15, 0.2) is 0 Å². The van der Waals surface area contributed by atoms with Crippen LogP contribution in [-0.2, 0) is 0 Å². The molecule has 2 aliphatic rings. The third kappa shape index (κ3) is 5.20. The Morgan fingerprint density at radius 2 is 1.71 bits per heavy atom. The first kappa shape index (κ1) is 22.1. The lowest BCUT2D eigenvalue weighted by Crippen LogP contribution is -2.45. The number of piperazine rings is 1. The van der Waals surface area contributed by atoms with Gasteiger partial charge in [0, 0.05) is 37.5 Å². The monoisotopic (exact) mass is 450 g/mol. The van der Waals surface area contributed by atoms with Crippen LogP contribution in [-0.4, -0.2) is 51.6 Å². The van der Waals surface area contributed by atoms with Crippen LogP contribution in [0, 0.1) is 11.6 Å². The summed E-state index contributed by atoms with van der Waals surface area (Å²) in [5.74, 6) is -1.30. The molecule has 0 atom stereocenters. The van der Waals surface area contributed by atoms with Gasteiger partial charge < -0.3 is 9.64 Å². The van der Waals surface area contributed by atoms with Crippen LogP contribution in [0.15, 0.2) is 29.2 Å². The molecule has 0 spiro atoms. The van der Waals surface area contributed by atoms with Crippen molar-refractivity contribution < 1.29 is 13.5 Å². The molecule has 0 radical (unpaired) electrons. The second kappa shape index (κ2) is 9.56. The zero-order valence-corrected chi connectivity index (χ0v) is 18.7. The predicted octanol–water partition coefficient (Wildman–Crippen LogP) is 4.01. The summed E-state index contributed by atoms with van der Waals surface area (Å²) in [5.41, 5.74) is 0.205. The van der Waals surface area contributed by atoms with E-state index in [2.05, 4.69) is 28.2 Å². The van der Waals surface area contributed by atoms with Crippen LogP contribution in [0.25, 0.3) is 5.69 Å². The molecule has 0 N–H and O–H groups in total. The number of benzene rings is 1. The van der Waals surface area contributed by atoms with Crippen LogP contribution in [0.2, 0.25) is 0 Å². The summed E-state index contributed by atoms with van der Waals surface area (Å²) >= 11 is 1.83. The molecule has 4 rings (SSSR count). The smallest absolute Gasteiger partial charge is 0.316 e. The van der Waals surface area contributed by atoms with E-state index < -0.39 is 17.2 Å². The van der Waals surface area contributed by atoms with Gasteiger partial charge in [-0.3, -0.25) is 4.79 Å². The van der Waals surface area contributed by atoms with Crippen molar-refractivity contribution in [1.29, 1.82) is 0 Å². The molecule has 6 nitrogen and oxygen atoms in total. The second-order valence-corrected chi connectivity index (χ2v) is 9.97. The van der Waals surface area contributed by atoms with Gasteiger partial charge in [-0.05, 0) is 37.8 Å². The number of nitrogens with zero attached hydrogens (tertiary/aromatic N) is 4. The van der Waals surface area contributed by atoms with E-state index in [0.717, 1.165) is 74.7 Å². The van der Waals surface area contributed by atoms with Crippen molar-refractivity contribution in [3.8, 4) is 11.4 Å². The molecule has 0 unspecified atom stereocenters. The van der Waals surface area contributed by atoms with Crippen LogP contribution in [0.5, 0.6) is 5.75 Å². The van der Waals surface area contributed by atoms with Gasteiger partial charge in [0.2, 0.25) is 5.75 Å². The average Bonchev–Trinajstić information content (AvgIpc) is 3.22. The number of aromatic nitrogens is 2. The Balaban J connectivity index is 1.66. The Morgan fingerprint density at radius 1 is 1.06 bits per heavy atom.